The van der Waals surface area contributed by atoms with Gasteiger partial charge in [-0.05, 0) is 30.7 Å². The van der Waals surface area contributed by atoms with Gasteiger partial charge in [0.2, 0.25) is 0 Å². The van der Waals surface area contributed by atoms with Crippen molar-refractivity contribution in [3.05, 3.63) is 58.1 Å². The van der Waals surface area contributed by atoms with E-state index in [0.29, 0.717) is 16.8 Å². The van der Waals surface area contributed by atoms with E-state index in [1.165, 1.54) is 17.2 Å². The van der Waals surface area contributed by atoms with Crippen molar-refractivity contribution in [1.29, 1.82) is 0 Å². The van der Waals surface area contributed by atoms with Crippen molar-refractivity contribution in [2.45, 2.75) is 13.5 Å². The van der Waals surface area contributed by atoms with Gasteiger partial charge in [-0.15, -0.1) is 0 Å². The molecule has 0 saturated heterocycles. The highest BCUT2D eigenvalue weighted by atomic mass is 35.5. The summed E-state index contributed by atoms with van der Waals surface area (Å²) in [4.78, 5) is 29.4. The number of anilines is 1. The van der Waals surface area contributed by atoms with Crippen LogP contribution < -0.4 is 4.90 Å². The fraction of sp³-hybridized carbons (Fsp3) is 0.133. The number of fused-ring (bicyclic) bond motifs is 1. The molecule has 0 fully saturated rings. The number of aryl methyl sites for hydroxylation is 1. The smallest absolute Gasteiger partial charge is 0.299 e. The Morgan fingerprint density at radius 3 is 2.81 bits per heavy atom. The van der Waals surface area contributed by atoms with Crippen molar-refractivity contribution in [2.24, 2.45) is 0 Å². The number of hydrogen-bond donors (Lipinski definition) is 0. The fourth-order valence-corrected chi connectivity index (χ4v) is 2.64. The number of rotatable bonds is 2. The van der Waals surface area contributed by atoms with Crippen LogP contribution in [0.25, 0.3) is 0 Å². The number of halogens is 2. The first-order valence-electron chi connectivity index (χ1n) is 6.25. The molecule has 0 spiro atoms. The van der Waals surface area contributed by atoms with E-state index in [4.69, 9.17) is 11.6 Å². The minimum atomic E-state index is -0.701. The second-order valence-electron chi connectivity index (χ2n) is 4.79. The number of carbonyl (C=O) groups excluding carboxylic acids is 2. The van der Waals surface area contributed by atoms with Crippen molar-refractivity contribution in [2.75, 3.05) is 4.90 Å². The Bertz CT molecular complexity index is 776. The lowest BCUT2D eigenvalue weighted by atomic mass is 10.1. The number of Topliss-reactive ketones (excluding diaryl/α,β-unsaturated/α-hetero) is 1. The van der Waals surface area contributed by atoms with E-state index in [2.05, 4.69) is 4.98 Å². The molecular weight excluding hydrogens is 295 g/mol. The summed E-state index contributed by atoms with van der Waals surface area (Å²) in [5.74, 6) is -1.92. The molecule has 1 aliphatic heterocycles. The summed E-state index contributed by atoms with van der Waals surface area (Å²) in [5, 5.41) is 0.269. The molecule has 1 aliphatic rings. The summed E-state index contributed by atoms with van der Waals surface area (Å²) in [6.45, 7) is 1.78. The van der Waals surface area contributed by atoms with Gasteiger partial charge in [0.25, 0.3) is 11.7 Å². The lowest BCUT2D eigenvalue weighted by Crippen LogP contribution is -2.29. The Morgan fingerprint density at radius 1 is 1.33 bits per heavy atom. The number of aromatic nitrogens is 1. The van der Waals surface area contributed by atoms with Gasteiger partial charge in [-0.2, -0.15) is 0 Å². The maximum atomic E-state index is 13.4. The molecule has 2 heterocycles. The van der Waals surface area contributed by atoms with E-state index >= 15 is 0 Å². The highest BCUT2D eigenvalue weighted by molar-refractivity contribution is 6.52. The highest BCUT2D eigenvalue weighted by Crippen LogP contribution is 2.34. The fourth-order valence-electron chi connectivity index (χ4n) is 2.46. The quantitative estimate of drug-likeness (QED) is 0.633. The topological polar surface area (TPSA) is 50.3 Å². The molecule has 0 bridgehead atoms. The van der Waals surface area contributed by atoms with Crippen molar-refractivity contribution in [3.63, 3.8) is 0 Å². The van der Waals surface area contributed by atoms with Gasteiger partial charge in [0.1, 0.15) is 11.0 Å². The molecule has 0 aliphatic carbocycles. The zero-order chi connectivity index (χ0) is 15.1. The van der Waals surface area contributed by atoms with Crippen molar-refractivity contribution < 1.29 is 14.0 Å². The van der Waals surface area contributed by atoms with Crippen molar-refractivity contribution in [3.8, 4) is 0 Å². The number of amides is 1. The number of pyridine rings is 1. The molecule has 0 unspecified atom stereocenters. The standard InChI is InChI=1S/C15H10ClFN2O2/c1-8-5-10(17)6-11-12(8)19(15(21)13(11)20)7-9-3-2-4-18-14(9)16/h2-6H,7H2,1H3. The number of carbonyl (C=O) groups is 2. The first kappa shape index (κ1) is 13.7. The lowest BCUT2D eigenvalue weighted by Gasteiger charge is -2.18. The molecule has 0 atom stereocenters. The van der Waals surface area contributed by atoms with E-state index in [0.717, 1.165) is 6.07 Å². The van der Waals surface area contributed by atoms with Gasteiger partial charge >= 0.3 is 0 Å². The Labute approximate surface area is 125 Å². The van der Waals surface area contributed by atoms with Crippen LogP contribution in [0.3, 0.4) is 0 Å². The Morgan fingerprint density at radius 2 is 2.10 bits per heavy atom. The Hall–Kier alpha value is -2.27. The van der Waals surface area contributed by atoms with E-state index < -0.39 is 17.5 Å². The van der Waals surface area contributed by atoms with Gasteiger partial charge in [-0.1, -0.05) is 17.7 Å². The molecule has 1 aromatic heterocycles. The van der Waals surface area contributed by atoms with Crippen LogP contribution in [0.15, 0.2) is 30.5 Å². The third-order valence-corrected chi connectivity index (χ3v) is 3.72. The van der Waals surface area contributed by atoms with Crippen LogP contribution in [-0.2, 0) is 11.3 Å². The number of benzene rings is 1. The molecular formula is C15H10ClFN2O2. The third-order valence-electron chi connectivity index (χ3n) is 3.38. The van der Waals surface area contributed by atoms with Gasteiger partial charge in [-0.25, -0.2) is 9.37 Å². The molecule has 106 valence electrons. The first-order valence-corrected chi connectivity index (χ1v) is 6.62. The predicted octanol–water partition coefficient (Wildman–Crippen LogP) is 2.91. The molecule has 0 saturated carbocycles. The second-order valence-corrected chi connectivity index (χ2v) is 5.15. The van der Waals surface area contributed by atoms with Gasteiger partial charge in [0.05, 0.1) is 17.8 Å². The van der Waals surface area contributed by atoms with Crippen LogP contribution in [-0.4, -0.2) is 16.7 Å². The molecule has 3 rings (SSSR count). The predicted molar refractivity (Wildman–Crippen MR) is 75.9 cm³/mol. The van der Waals surface area contributed by atoms with E-state index in [-0.39, 0.29) is 17.3 Å². The minimum absolute atomic E-state index is 0.0949. The van der Waals surface area contributed by atoms with Crippen LogP contribution in [0.2, 0.25) is 5.15 Å². The molecule has 21 heavy (non-hydrogen) atoms. The summed E-state index contributed by atoms with van der Waals surface area (Å²) < 4.78 is 13.4. The molecule has 6 heteroatoms. The van der Waals surface area contributed by atoms with Crippen LogP contribution >= 0.6 is 11.6 Å². The summed E-state index contributed by atoms with van der Waals surface area (Å²) in [7, 11) is 0. The van der Waals surface area contributed by atoms with Gasteiger partial charge in [-0.3, -0.25) is 14.5 Å². The molecule has 1 amide bonds. The number of hydrogen-bond acceptors (Lipinski definition) is 3. The van der Waals surface area contributed by atoms with Crippen LogP contribution in [0, 0.1) is 12.7 Å². The lowest BCUT2D eigenvalue weighted by molar-refractivity contribution is -0.114. The normalized spacial score (nSPS) is 13.8. The molecule has 0 radical (unpaired) electrons. The van der Waals surface area contributed by atoms with Crippen LogP contribution in [0.5, 0.6) is 0 Å². The third kappa shape index (κ3) is 2.19. The van der Waals surface area contributed by atoms with Gasteiger partial charge in [0, 0.05) is 11.8 Å². The van der Waals surface area contributed by atoms with E-state index in [1.807, 2.05) is 0 Å². The zero-order valence-electron chi connectivity index (χ0n) is 11.1. The first-order chi connectivity index (χ1) is 9.99. The van der Waals surface area contributed by atoms with Crippen LogP contribution in [0.1, 0.15) is 21.5 Å². The van der Waals surface area contributed by atoms with Gasteiger partial charge < -0.3 is 0 Å². The Kier molecular flexibility index (Phi) is 3.22. The monoisotopic (exact) mass is 304 g/mol. The Balaban J connectivity index is 2.08. The largest absolute Gasteiger partial charge is 0.300 e. The molecule has 1 aromatic carbocycles. The summed E-state index contributed by atoms with van der Waals surface area (Å²) in [5.41, 5.74) is 1.69. The maximum absolute atomic E-state index is 13.4. The molecule has 0 N–H and O–H groups in total. The SMILES string of the molecule is Cc1cc(F)cc2c1N(Cc1cccnc1Cl)C(=O)C2=O. The van der Waals surface area contributed by atoms with E-state index in [1.54, 1.807) is 19.1 Å². The highest BCUT2D eigenvalue weighted by Gasteiger charge is 2.37. The molecule has 2 aromatic rings. The average molecular weight is 305 g/mol. The van der Waals surface area contributed by atoms with Crippen molar-refractivity contribution in [1.82, 2.24) is 4.98 Å². The summed E-state index contributed by atoms with van der Waals surface area (Å²) in [6, 6.07) is 5.81. The summed E-state index contributed by atoms with van der Waals surface area (Å²) in [6.07, 6.45) is 1.54. The van der Waals surface area contributed by atoms with Crippen molar-refractivity contribution >= 4 is 29.0 Å². The molecule has 4 nitrogen and oxygen atoms in total. The average Bonchev–Trinajstić information content (AvgIpc) is 2.67. The van der Waals surface area contributed by atoms with Gasteiger partial charge in [0.15, 0.2) is 0 Å². The summed E-state index contributed by atoms with van der Waals surface area (Å²) >= 11 is 5.98. The minimum Gasteiger partial charge on any atom is -0.300 e. The number of nitrogens with zero attached hydrogens (tertiary/aromatic N) is 2. The van der Waals surface area contributed by atoms with Crippen LogP contribution in [0.4, 0.5) is 10.1 Å². The van der Waals surface area contributed by atoms with E-state index in [9.17, 15) is 14.0 Å². The maximum Gasteiger partial charge on any atom is 0.299 e. The second kappa shape index (κ2) is 4.93. The zero-order valence-corrected chi connectivity index (χ0v) is 11.8. The number of ketones is 1.